The Hall–Kier alpha value is -2.65. The second-order valence-electron chi connectivity index (χ2n) is 3.96. The van der Waals surface area contributed by atoms with Gasteiger partial charge in [0.1, 0.15) is 6.04 Å². The SMILES string of the molecule is NC(=O)CC[C@@H](NC(=O)NCCn1ccnn1)C(=O)O. The first-order chi connectivity index (χ1) is 9.49. The second-order valence-corrected chi connectivity index (χ2v) is 3.96. The molecular formula is C10H16N6O4. The van der Waals surface area contributed by atoms with Crippen molar-refractivity contribution in [1.29, 1.82) is 0 Å². The lowest BCUT2D eigenvalue weighted by molar-refractivity contribution is -0.139. The molecule has 110 valence electrons. The van der Waals surface area contributed by atoms with Gasteiger partial charge in [-0.3, -0.25) is 9.48 Å². The van der Waals surface area contributed by atoms with Gasteiger partial charge < -0.3 is 21.5 Å². The predicted octanol–water partition coefficient (Wildman–Crippen LogP) is -1.70. The van der Waals surface area contributed by atoms with Crippen LogP contribution in [-0.4, -0.2) is 50.6 Å². The molecule has 0 aliphatic carbocycles. The molecule has 1 rings (SSSR count). The molecule has 0 fully saturated rings. The molecular weight excluding hydrogens is 268 g/mol. The predicted molar refractivity (Wildman–Crippen MR) is 66.4 cm³/mol. The van der Waals surface area contributed by atoms with Gasteiger partial charge in [0.05, 0.1) is 12.7 Å². The molecule has 20 heavy (non-hydrogen) atoms. The van der Waals surface area contributed by atoms with E-state index in [2.05, 4.69) is 20.9 Å². The number of hydrogen-bond acceptors (Lipinski definition) is 5. The Morgan fingerprint density at radius 3 is 2.70 bits per heavy atom. The van der Waals surface area contributed by atoms with Gasteiger partial charge in [0.25, 0.3) is 0 Å². The van der Waals surface area contributed by atoms with Crippen molar-refractivity contribution in [2.75, 3.05) is 6.54 Å². The summed E-state index contributed by atoms with van der Waals surface area (Å²) in [4.78, 5) is 33.0. The fourth-order valence-electron chi connectivity index (χ4n) is 1.39. The zero-order valence-corrected chi connectivity index (χ0v) is 10.7. The van der Waals surface area contributed by atoms with Crippen LogP contribution < -0.4 is 16.4 Å². The van der Waals surface area contributed by atoms with Gasteiger partial charge in [-0.2, -0.15) is 0 Å². The van der Waals surface area contributed by atoms with Crippen LogP contribution in [0.3, 0.4) is 0 Å². The standard InChI is InChI=1S/C10H16N6O4/c11-8(17)2-1-7(9(18)19)14-10(20)12-3-5-16-6-4-13-15-16/h4,6-7H,1-3,5H2,(H2,11,17)(H,18,19)(H2,12,14,20)/t7-/m1/s1. The largest absolute Gasteiger partial charge is 0.480 e. The van der Waals surface area contributed by atoms with E-state index in [0.717, 1.165) is 0 Å². The number of primary amides is 1. The lowest BCUT2D eigenvalue weighted by Gasteiger charge is -2.14. The zero-order chi connectivity index (χ0) is 15.0. The summed E-state index contributed by atoms with van der Waals surface area (Å²) >= 11 is 0. The average Bonchev–Trinajstić information content (AvgIpc) is 2.87. The number of carbonyl (C=O) groups is 3. The number of carbonyl (C=O) groups excluding carboxylic acids is 2. The van der Waals surface area contributed by atoms with E-state index in [0.29, 0.717) is 6.54 Å². The minimum absolute atomic E-state index is 0.0544. The van der Waals surface area contributed by atoms with Crippen molar-refractivity contribution in [3.63, 3.8) is 0 Å². The molecule has 0 bridgehead atoms. The number of carboxylic acids is 1. The highest BCUT2D eigenvalue weighted by atomic mass is 16.4. The van der Waals surface area contributed by atoms with Crippen LogP contribution in [-0.2, 0) is 16.1 Å². The lowest BCUT2D eigenvalue weighted by Crippen LogP contribution is -2.47. The van der Waals surface area contributed by atoms with Gasteiger partial charge in [0.15, 0.2) is 0 Å². The van der Waals surface area contributed by atoms with Crippen molar-refractivity contribution in [2.24, 2.45) is 5.73 Å². The molecule has 0 saturated carbocycles. The number of urea groups is 1. The van der Waals surface area contributed by atoms with E-state index < -0.39 is 23.9 Å². The highest BCUT2D eigenvalue weighted by Gasteiger charge is 2.20. The Balaban J connectivity index is 2.30. The van der Waals surface area contributed by atoms with Crippen molar-refractivity contribution in [1.82, 2.24) is 25.6 Å². The van der Waals surface area contributed by atoms with Gasteiger partial charge in [-0.15, -0.1) is 5.10 Å². The Kier molecular flexibility index (Phi) is 5.94. The Labute approximate surface area is 114 Å². The maximum absolute atomic E-state index is 11.5. The maximum atomic E-state index is 11.5. The molecule has 0 radical (unpaired) electrons. The van der Waals surface area contributed by atoms with Crippen LogP contribution in [0.25, 0.3) is 0 Å². The molecule has 0 spiro atoms. The van der Waals surface area contributed by atoms with Crippen LogP contribution in [0, 0.1) is 0 Å². The van der Waals surface area contributed by atoms with E-state index in [-0.39, 0.29) is 19.4 Å². The van der Waals surface area contributed by atoms with E-state index in [4.69, 9.17) is 10.8 Å². The van der Waals surface area contributed by atoms with Crippen molar-refractivity contribution in [2.45, 2.75) is 25.4 Å². The molecule has 5 N–H and O–H groups in total. The third-order valence-corrected chi connectivity index (χ3v) is 2.38. The third-order valence-electron chi connectivity index (χ3n) is 2.38. The first kappa shape index (κ1) is 15.4. The first-order valence-corrected chi connectivity index (χ1v) is 5.88. The zero-order valence-electron chi connectivity index (χ0n) is 10.7. The summed E-state index contributed by atoms with van der Waals surface area (Å²) in [7, 11) is 0. The number of aliphatic carboxylic acids is 1. The smallest absolute Gasteiger partial charge is 0.326 e. The molecule has 10 heteroatoms. The minimum Gasteiger partial charge on any atom is -0.480 e. The highest BCUT2D eigenvalue weighted by molar-refractivity contribution is 5.83. The molecule has 1 heterocycles. The summed E-state index contributed by atoms with van der Waals surface area (Å²) in [5, 5.41) is 20.9. The summed E-state index contributed by atoms with van der Waals surface area (Å²) in [6, 6.07) is -1.80. The van der Waals surface area contributed by atoms with Gasteiger partial charge in [-0.25, -0.2) is 9.59 Å². The van der Waals surface area contributed by atoms with Gasteiger partial charge >= 0.3 is 12.0 Å². The van der Waals surface area contributed by atoms with Crippen molar-refractivity contribution in [3.05, 3.63) is 12.4 Å². The van der Waals surface area contributed by atoms with Gasteiger partial charge in [0.2, 0.25) is 5.91 Å². The fourth-order valence-corrected chi connectivity index (χ4v) is 1.39. The number of nitrogens with zero attached hydrogens (tertiary/aromatic N) is 3. The normalized spacial score (nSPS) is 11.6. The topological polar surface area (TPSA) is 152 Å². The number of carboxylic acid groups (broad SMARTS) is 1. The molecule has 1 aromatic rings. The third kappa shape index (κ3) is 5.80. The average molecular weight is 284 g/mol. The Morgan fingerprint density at radius 2 is 2.15 bits per heavy atom. The minimum atomic E-state index is -1.22. The highest BCUT2D eigenvalue weighted by Crippen LogP contribution is 1.97. The molecule has 0 aliphatic heterocycles. The molecule has 0 unspecified atom stereocenters. The molecule has 3 amide bonds. The summed E-state index contributed by atoms with van der Waals surface area (Å²) in [5.41, 5.74) is 4.93. The van der Waals surface area contributed by atoms with Crippen LogP contribution in [0.1, 0.15) is 12.8 Å². The maximum Gasteiger partial charge on any atom is 0.326 e. The molecule has 1 aromatic heterocycles. The first-order valence-electron chi connectivity index (χ1n) is 5.88. The summed E-state index contributed by atoms with van der Waals surface area (Å²) in [6.45, 7) is 0.670. The number of aromatic nitrogens is 3. The van der Waals surface area contributed by atoms with Crippen LogP contribution in [0.15, 0.2) is 12.4 Å². The quantitative estimate of drug-likeness (QED) is 0.446. The number of nitrogens with one attached hydrogen (secondary N) is 2. The van der Waals surface area contributed by atoms with Crippen LogP contribution in [0.2, 0.25) is 0 Å². The number of hydrogen-bond donors (Lipinski definition) is 4. The van der Waals surface area contributed by atoms with E-state index in [1.807, 2.05) is 0 Å². The van der Waals surface area contributed by atoms with Crippen LogP contribution >= 0.6 is 0 Å². The van der Waals surface area contributed by atoms with Crippen LogP contribution in [0.5, 0.6) is 0 Å². The van der Waals surface area contributed by atoms with E-state index in [1.165, 1.54) is 10.9 Å². The monoisotopic (exact) mass is 284 g/mol. The molecule has 0 saturated heterocycles. The fraction of sp³-hybridized carbons (Fsp3) is 0.500. The van der Waals surface area contributed by atoms with E-state index in [9.17, 15) is 14.4 Å². The number of rotatable bonds is 8. The molecule has 0 aromatic carbocycles. The second kappa shape index (κ2) is 7.71. The summed E-state index contributed by atoms with van der Waals surface area (Å²) < 4.78 is 1.52. The molecule has 10 nitrogen and oxygen atoms in total. The van der Waals surface area contributed by atoms with Crippen molar-refractivity contribution >= 4 is 17.9 Å². The van der Waals surface area contributed by atoms with Gasteiger partial charge in [-0.05, 0) is 6.42 Å². The lowest BCUT2D eigenvalue weighted by atomic mass is 10.1. The van der Waals surface area contributed by atoms with E-state index >= 15 is 0 Å². The van der Waals surface area contributed by atoms with Crippen LogP contribution in [0.4, 0.5) is 4.79 Å². The van der Waals surface area contributed by atoms with Gasteiger partial charge in [-0.1, -0.05) is 5.21 Å². The Bertz CT molecular complexity index is 460. The molecule has 1 atom stereocenters. The van der Waals surface area contributed by atoms with Gasteiger partial charge in [0, 0.05) is 19.2 Å². The summed E-state index contributed by atoms with van der Waals surface area (Å²) in [5.74, 6) is -1.85. The number of amides is 3. The number of nitrogens with two attached hydrogens (primary N) is 1. The van der Waals surface area contributed by atoms with Crippen molar-refractivity contribution < 1.29 is 19.5 Å². The Morgan fingerprint density at radius 1 is 1.40 bits per heavy atom. The summed E-state index contributed by atoms with van der Waals surface area (Å²) in [6.07, 6.45) is 2.97. The molecule has 0 aliphatic rings. The van der Waals surface area contributed by atoms with E-state index in [1.54, 1.807) is 6.20 Å². The van der Waals surface area contributed by atoms with Crippen molar-refractivity contribution in [3.8, 4) is 0 Å².